The molecule has 1 aromatic carbocycles. The summed E-state index contributed by atoms with van der Waals surface area (Å²) in [6.07, 6.45) is 6.25. The molecule has 4 nitrogen and oxygen atoms in total. The van der Waals surface area contributed by atoms with E-state index in [2.05, 4.69) is 16.4 Å². The number of nitrogens with one attached hydrogen (secondary N) is 1. The van der Waals surface area contributed by atoms with Gasteiger partial charge in [0.2, 0.25) is 0 Å². The van der Waals surface area contributed by atoms with Crippen LogP contribution in [0.1, 0.15) is 37.9 Å². The lowest BCUT2D eigenvalue weighted by Gasteiger charge is -2.12. The maximum absolute atomic E-state index is 13.4. The van der Waals surface area contributed by atoms with Crippen molar-refractivity contribution >= 4 is 17.4 Å². The standard InChI is InChI=1S/C24H26ClFN4.CH4/c25-22-15-28-20(11-16-7-8-17(9-16)13-27)12-21(22)23-5-2-6-24(30-23)29-14-18-3-1-4-19(26)10-18;/h1-6,10,12,15-17H,7-9,11,13-14,27H2,(H,29,30);1H4/t16-,17+;/m1./s1. The number of hydrogen-bond acceptors (Lipinski definition) is 4. The SMILES string of the molecule is C.NC[C@H]1CC[C@@H](Cc2cc(-c3cccc(NCc4cccc(F)c4)n3)c(Cl)cn2)C1. The van der Waals surface area contributed by atoms with E-state index in [1.54, 1.807) is 12.3 Å². The molecule has 0 bridgehead atoms. The second kappa shape index (κ2) is 10.7. The number of benzene rings is 1. The van der Waals surface area contributed by atoms with Gasteiger partial charge in [-0.05, 0) is 80.0 Å². The molecule has 0 radical (unpaired) electrons. The van der Waals surface area contributed by atoms with Crippen LogP contribution in [0.4, 0.5) is 10.2 Å². The lowest BCUT2D eigenvalue weighted by Crippen LogP contribution is -2.11. The molecule has 1 saturated carbocycles. The van der Waals surface area contributed by atoms with Crippen LogP contribution in [0.15, 0.2) is 54.7 Å². The summed E-state index contributed by atoms with van der Waals surface area (Å²) in [4.78, 5) is 9.25. The highest BCUT2D eigenvalue weighted by molar-refractivity contribution is 6.33. The fourth-order valence-corrected chi connectivity index (χ4v) is 4.39. The average molecular weight is 441 g/mol. The number of pyridine rings is 2. The first kappa shape index (κ1) is 23.2. The van der Waals surface area contributed by atoms with E-state index in [9.17, 15) is 4.39 Å². The number of hydrogen-bond donors (Lipinski definition) is 2. The highest BCUT2D eigenvalue weighted by Gasteiger charge is 2.24. The summed E-state index contributed by atoms with van der Waals surface area (Å²) in [7, 11) is 0. The van der Waals surface area contributed by atoms with Gasteiger partial charge in [0.05, 0.1) is 10.7 Å². The Labute approximate surface area is 189 Å². The van der Waals surface area contributed by atoms with Crippen LogP contribution in [0, 0.1) is 17.7 Å². The van der Waals surface area contributed by atoms with Gasteiger partial charge in [0.1, 0.15) is 11.6 Å². The Bertz CT molecular complexity index is 1010. The summed E-state index contributed by atoms with van der Waals surface area (Å²) in [5, 5.41) is 3.84. The number of nitrogens with two attached hydrogens (primary N) is 1. The van der Waals surface area contributed by atoms with Crippen molar-refractivity contribution in [3.8, 4) is 11.3 Å². The molecule has 1 fully saturated rings. The fourth-order valence-electron chi connectivity index (χ4n) is 4.19. The Morgan fingerprint density at radius 1 is 1.10 bits per heavy atom. The Kier molecular flexibility index (Phi) is 7.99. The summed E-state index contributed by atoms with van der Waals surface area (Å²) in [5.74, 6) is 1.75. The van der Waals surface area contributed by atoms with Gasteiger partial charge in [-0.3, -0.25) is 4.98 Å². The minimum Gasteiger partial charge on any atom is -0.366 e. The molecule has 0 saturated heterocycles. The molecule has 4 rings (SSSR count). The van der Waals surface area contributed by atoms with Crippen LogP contribution in [0.2, 0.25) is 5.02 Å². The van der Waals surface area contributed by atoms with Crippen molar-refractivity contribution in [2.75, 3.05) is 11.9 Å². The maximum Gasteiger partial charge on any atom is 0.126 e. The summed E-state index contributed by atoms with van der Waals surface area (Å²) >= 11 is 6.45. The van der Waals surface area contributed by atoms with Crippen LogP contribution in [0.3, 0.4) is 0 Å². The van der Waals surface area contributed by atoms with Gasteiger partial charge in [-0.2, -0.15) is 0 Å². The van der Waals surface area contributed by atoms with Gasteiger partial charge in [-0.1, -0.05) is 37.2 Å². The van der Waals surface area contributed by atoms with Crippen molar-refractivity contribution in [3.05, 3.63) is 76.8 Å². The van der Waals surface area contributed by atoms with Gasteiger partial charge in [0.25, 0.3) is 0 Å². The quantitative estimate of drug-likeness (QED) is 0.465. The van der Waals surface area contributed by atoms with Crippen LogP contribution in [0.25, 0.3) is 11.3 Å². The van der Waals surface area contributed by atoms with E-state index in [-0.39, 0.29) is 13.2 Å². The lowest BCUT2D eigenvalue weighted by molar-refractivity contribution is 0.492. The monoisotopic (exact) mass is 440 g/mol. The van der Waals surface area contributed by atoms with E-state index in [0.29, 0.717) is 29.2 Å². The first-order valence-corrected chi connectivity index (χ1v) is 10.8. The summed E-state index contributed by atoms with van der Waals surface area (Å²) in [6.45, 7) is 1.27. The number of anilines is 1. The first-order chi connectivity index (χ1) is 14.6. The van der Waals surface area contributed by atoms with E-state index < -0.39 is 0 Å². The average Bonchev–Trinajstić information content (AvgIpc) is 3.21. The van der Waals surface area contributed by atoms with Crippen molar-refractivity contribution in [1.82, 2.24) is 9.97 Å². The van der Waals surface area contributed by atoms with Gasteiger partial charge in [0.15, 0.2) is 0 Å². The summed E-state index contributed by atoms with van der Waals surface area (Å²) < 4.78 is 13.4. The molecular weight excluding hydrogens is 411 g/mol. The van der Waals surface area contributed by atoms with Crippen LogP contribution in [-0.4, -0.2) is 16.5 Å². The zero-order valence-corrected chi connectivity index (χ0v) is 17.6. The van der Waals surface area contributed by atoms with E-state index in [1.807, 2.05) is 24.3 Å². The maximum atomic E-state index is 13.4. The van der Waals surface area contributed by atoms with E-state index in [0.717, 1.165) is 35.5 Å². The van der Waals surface area contributed by atoms with Gasteiger partial charge in [0, 0.05) is 24.0 Å². The normalized spacial score (nSPS) is 17.9. The molecule has 6 heteroatoms. The molecule has 0 amide bonds. The van der Waals surface area contributed by atoms with Crippen LogP contribution in [0.5, 0.6) is 0 Å². The molecule has 1 aliphatic carbocycles. The van der Waals surface area contributed by atoms with Gasteiger partial charge < -0.3 is 11.1 Å². The third-order valence-corrected chi connectivity index (χ3v) is 6.08. The van der Waals surface area contributed by atoms with Crippen molar-refractivity contribution in [1.29, 1.82) is 0 Å². The third kappa shape index (κ3) is 6.02. The zero-order chi connectivity index (χ0) is 20.9. The molecule has 2 heterocycles. The Balaban J connectivity index is 0.00000272. The second-order valence-electron chi connectivity index (χ2n) is 8.03. The minimum atomic E-state index is -0.243. The Hall–Kier alpha value is -2.50. The van der Waals surface area contributed by atoms with Crippen LogP contribution >= 0.6 is 11.6 Å². The minimum absolute atomic E-state index is 0. The molecule has 31 heavy (non-hydrogen) atoms. The van der Waals surface area contributed by atoms with Crippen molar-refractivity contribution in [2.24, 2.45) is 17.6 Å². The molecule has 164 valence electrons. The Morgan fingerprint density at radius 3 is 2.68 bits per heavy atom. The summed E-state index contributed by atoms with van der Waals surface area (Å²) in [6, 6.07) is 14.4. The van der Waals surface area contributed by atoms with Crippen molar-refractivity contribution in [2.45, 2.75) is 39.7 Å². The van der Waals surface area contributed by atoms with E-state index in [1.165, 1.54) is 31.4 Å². The second-order valence-corrected chi connectivity index (χ2v) is 8.44. The summed E-state index contributed by atoms with van der Waals surface area (Å²) in [5.41, 5.74) is 9.40. The Morgan fingerprint density at radius 2 is 1.90 bits per heavy atom. The number of halogens is 2. The molecular formula is C25H30ClFN4. The number of nitrogens with zero attached hydrogens (tertiary/aromatic N) is 2. The predicted octanol–water partition coefficient (Wildman–Crippen LogP) is 6.10. The molecule has 3 aromatic rings. The zero-order valence-electron chi connectivity index (χ0n) is 16.8. The topological polar surface area (TPSA) is 63.8 Å². The number of rotatable bonds is 7. The first-order valence-electron chi connectivity index (χ1n) is 10.4. The number of aromatic nitrogens is 2. The largest absolute Gasteiger partial charge is 0.366 e. The van der Waals surface area contributed by atoms with E-state index >= 15 is 0 Å². The highest BCUT2D eigenvalue weighted by atomic mass is 35.5. The highest BCUT2D eigenvalue weighted by Crippen LogP contribution is 2.34. The van der Waals surface area contributed by atoms with Crippen LogP contribution < -0.4 is 11.1 Å². The smallest absolute Gasteiger partial charge is 0.126 e. The molecule has 2 aromatic heterocycles. The van der Waals surface area contributed by atoms with Crippen molar-refractivity contribution in [3.63, 3.8) is 0 Å². The molecule has 1 aliphatic rings. The van der Waals surface area contributed by atoms with E-state index in [4.69, 9.17) is 22.3 Å². The predicted molar refractivity (Wildman–Crippen MR) is 127 cm³/mol. The van der Waals surface area contributed by atoms with Gasteiger partial charge >= 0.3 is 0 Å². The molecule has 0 unspecified atom stereocenters. The third-order valence-electron chi connectivity index (χ3n) is 5.78. The molecule has 3 N–H and O–H groups in total. The molecule has 2 atom stereocenters. The molecule has 0 spiro atoms. The molecule has 0 aliphatic heterocycles. The lowest BCUT2D eigenvalue weighted by atomic mass is 9.98. The van der Waals surface area contributed by atoms with Gasteiger partial charge in [-0.25, -0.2) is 9.37 Å². The van der Waals surface area contributed by atoms with Crippen molar-refractivity contribution < 1.29 is 4.39 Å². The van der Waals surface area contributed by atoms with Gasteiger partial charge in [-0.15, -0.1) is 0 Å². The fraction of sp³-hybridized carbons (Fsp3) is 0.360. The van der Waals surface area contributed by atoms with Crippen LogP contribution in [-0.2, 0) is 13.0 Å².